The van der Waals surface area contributed by atoms with E-state index in [1.54, 1.807) is 0 Å². The van der Waals surface area contributed by atoms with Crippen LogP contribution < -0.4 is 10.1 Å². The second kappa shape index (κ2) is 3.92. The normalized spacial score (nSPS) is 15.1. The highest BCUT2D eigenvalue weighted by Gasteiger charge is 2.25. The average molecular weight is 223 g/mol. The lowest BCUT2D eigenvalue weighted by Gasteiger charge is -2.10. The summed E-state index contributed by atoms with van der Waals surface area (Å²) in [4.78, 5) is 22.8. The second-order valence-electron chi connectivity index (χ2n) is 3.48. The first-order chi connectivity index (χ1) is 7.63. The molecule has 0 atom stereocenters. The summed E-state index contributed by atoms with van der Waals surface area (Å²) in [6.45, 7) is 0. The molecular formula is C11H10FNO3. The Kier molecular flexibility index (Phi) is 2.60. The zero-order valence-corrected chi connectivity index (χ0v) is 8.67. The minimum Gasteiger partial charge on any atom is -0.496 e. The van der Waals surface area contributed by atoms with Crippen LogP contribution in [0.4, 0.5) is 4.39 Å². The van der Waals surface area contributed by atoms with Gasteiger partial charge in [-0.1, -0.05) is 0 Å². The Bertz CT molecular complexity index is 471. The van der Waals surface area contributed by atoms with Crippen LogP contribution in [0.3, 0.4) is 0 Å². The quantitative estimate of drug-likeness (QED) is 0.723. The number of imide groups is 1. The molecule has 16 heavy (non-hydrogen) atoms. The Labute approximate surface area is 91.4 Å². The van der Waals surface area contributed by atoms with Crippen LogP contribution in [0, 0.1) is 5.82 Å². The first kappa shape index (κ1) is 10.6. The molecule has 1 aliphatic heterocycles. The summed E-state index contributed by atoms with van der Waals surface area (Å²) < 4.78 is 18.6. The van der Waals surface area contributed by atoms with Crippen molar-refractivity contribution < 1.29 is 18.7 Å². The highest BCUT2D eigenvalue weighted by Crippen LogP contribution is 2.27. The number of ether oxygens (including phenoxy) is 1. The van der Waals surface area contributed by atoms with Crippen molar-refractivity contribution in [1.82, 2.24) is 5.32 Å². The van der Waals surface area contributed by atoms with Gasteiger partial charge in [-0.15, -0.1) is 0 Å². The third-order valence-electron chi connectivity index (χ3n) is 2.52. The van der Waals surface area contributed by atoms with E-state index in [0.29, 0.717) is 17.7 Å². The van der Waals surface area contributed by atoms with Gasteiger partial charge >= 0.3 is 0 Å². The molecule has 2 amide bonds. The molecule has 0 unspecified atom stereocenters. The number of halogens is 1. The van der Waals surface area contributed by atoms with Crippen LogP contribution >= 0.6 is 0 Å². The molecule has 5 heteroatoms. The second-order valence-corrected chi connectivity index (χ2v) is 3.48. The van der Waals surface area contributed by atoms with Gasteiger partial charge in [-0.3, -0.25) is 14.9 Å². The zero-order valence-electron chi connectivity index (χ0n) is 8.67. The van der Waals surface area contributed by atoms with E-state index in [4.69, 9.17) is 4.74 Å². The number of hydrogen-bond acceptors (Lipinski definition) is 3. The van der Waals surface area contributed by atoms with Crippen LogP contribution in [0.2, 0.25) is 0 Å². The van der Waals surface area contributed by atoms with Crippen molar-refractivity contribution in [3.63, 3.8) is 0 Å². The predicted octanol–water partition coefficient (Wildman–Crippen LogP) is 1.04. The molecule has 2 rings (SSSR count). The monoisotopic (exact) mass is 223 g/mol. The molecule has 4 nitrogen and oxygen atoms in total. The number of fused-ring (bicyclic) bond motifs is 1. The molecular weight excluding hydrogens is 213 g/mol. The smallest absolute Gasteiger partial charge is 0.261 e. The minimum atomic E-state index is -0.700. The molecule has 0 aromatic heterocycles. The van der Waals surface area contributed by atoms with E-state index in [1.807, 2.05) is 0 Å². The first-order valence-electron chi connectivity index (χ1n) is 4.83. The third kappa shape index (κ3) is 1.64. The summed E-state index contributed by atoms with van der Waals surface area (Å²) in [7, 11) is 1.44. The number of carbonyl (C=O) groups excluding carboxylic acids is 2. The molecule has 0 saturated carbocycles. The summed E-state index contributed by atoms with van der Waals surface area (Å²) in [5.41, 5.74) is 0.357. The van der Waals surface area contributed by atoms with E-state index in [2.05, 4.69) is 5.32 Å². The molecule has 0 spiro atoms. The number of methoxy groups -OCH3 is 1. The van der Waals surface area contributed by atoms with Crippen molar-refractivity contribution >= 4 is 11.8 Å². The van der Waals surface area contributed by atoms with Gasteiger partial charge in [0, 0.05) is 12.0 Å². The van der Waals surface area contributed by atoms with Gasteiger partial charge < -0.3 is 4.74 Å². The highest BCUT2D eigenvalue weighted by atomic mass is 19.1. The van der Waals surface area contributed by atoms with E-state index in [1.165, 1.54) is 13.2 Å². The van der Waals surface area contributed by atoms with Crippen molar-refractivity contribution in [2.24, 2.45) is 0 Å². The van der Waals surface area contributed by atoms with Crippen LogP contribution in [0.15, 0.2) is 12.1 Å². The largest absolute Gasteiger partial charge is 0.496 e. The number of rotatable bonds is 1. The molecule has 0 aliphatic carbocycles. The van der Waals surface area contributed by atoms with Crippen molar-refractivity contribution in [1.29, 1.82) is 0 Å². The summed E-state index contributed by atoms with van der Waals surface area (Å²) in [6, 6.07) is 2.62. The maximum atomic E-state index is 13.5. The Morgan fingerprint density at radius 1 is 1.31 bits per heavy atom. The molecule has 0 bridgehead atoms. The van der Waals surface area contributed by atoms with E-state index in [0.717, 1.165) is 6.07 Å². The third-order valence-corrected chi connectivity index (χ3v) is 2.52. The number of hydrogen-bond donors (Lipinski definition) is 1. The standard InChI is InChI=1S/C11H10FNO3/c1-16-8-4-3-7(12)10-6(8)2-5-9(14)13-11(10)15/h3-4H,2,5H2,1H3,(H,13,14,15). The topological polar surface area (TPSA) is 55.4 Å². The SMILES string of the molecule is COc1ccc(F)c2c1CCC(=O)NC2=O. The minimum absolute atomic E-state index is 0.0924. The number of carbonyl (C=O) groups is 2. The molecule has 1 heterocycles. The molecule has 1 aliphatic rings. The maximum absolute atomic E-state index is 13.5. The fourth-order valence-corrected chi connectivity index (χ4v) is 1.78. The van der Waals surface area contributed by atoms with E-state index in [-0.39, 0.29) is 12.0 Å². The van der Waals surface area contributed by atoms with Crippen LogP contribution in [-0.4, -0.2) is 18.9 Å². The van der Waals surface area contributed by atoms with Gasteiger partial charge in [0.15, 0.2) is 0 Å². The van der Waals surface area contributed by atoms with Gasteiger partial charge in [0.2, 0.25) is 5.91 Å². The average Bonchev–Trinajstić information content (AvgIpc) is 2.39. The lowest BCUT2D eigenvalue weighted by molar-refractivity contribution is -0.119. The van der Waals surface area contributed by atoms with Crippen LogP contribution in [-0.2, 0) is 11.2 Å². The molecule has 0 fully saturated rings. The number of nitrogens with one attached hydrogen (secondary N) is 1. The van der Waals surface area contributed by atoms with E-state index >= 15 is 0 Å². The molecule has 0 radical (unpaired) electrons. The highest BCUT2D eigenvalue weighted by molar-refractivity contribution is 6.07. The Balaban J connectivity index is 2.61. The number of amides is 2. The Hall–Kier alpha value is -1.91. The molecule has 1 aromatic carbocycles. The molecule has 84 valence electrons. The van der Waals surface area contributed by atoms with Crippen LogP contribution in [0.25, 0.3) is 0 Å². The summed E-state index contributed by atoms with van der Waals surface area (Å²) in [5.74, 6) is -1.30. The van der Waals surface area contributed by atoms with Gasteiger partial charge in [-0.2, -0.15) is 0 Å². The molecule has 0 saturated heterocycles. The van der Waals surface area contributed by atoms with Crippen LogP contribution in [0.1, 0.15) is 22.3 Å². The number of benzene rings is 1. The zero-order chi connectivity index (χ0) is 11.7. The Morgan fingerprint density at radius 3 is 2.75 bits per heavy atom. The van der Waals surface area contributed by atoms with Crippen LogP contribution in [0.5, 0.6) is 5.75 Å². The Morgan fingerprint density at radius 2 is 2.06 bits per heavy atom. The lowest BCUT2D eigenvalue weighted by atomic mass is 10.0. The van der Waals surface area contributed by atoms with Gasteiger partial charge in [-0.05, 0) is 18.6 Å². The van der Waals surface area contributed by atoms with Gasteiger partial charge in [0.05, 0.1) is 12.7 Å². The van der Waals surface area contributed by atoms with Gasteiger partial charge in [0.1, 0.15) is 11.6 Å². The van der Waals surface area contributed by atoms with Gasteiger partial charge in [-0.25, -0.2) is 4.39 Å². The van der Waals surface area contributed by atoms with E-state index < -0.39 is 17.6 Å². The fraction of sp³-hybridized carbons (Fsp3) is 0.273. The van der Waals surface area contributed by atoms with Gasteiger partial charge in [0.25, 0.3) is 5.91 Å². The van der Waals surface area contributed by atoms with Crippen molar-refractivity contribution in [3.05, 3.63) is 29.1 Å². The predicted molar refractivity (Wildman–Crippen MR) is 53.7 cm³/mol. The van der Waals surface area contributed by atoms with Crippen molar-refractivity contribution in [2.75, 3.05) is 7.11 Å². The van der Waals surface area contributed by atoms with Crippen molar-refractivity contribution in [2.45, 2.75) is 12.8 Å². The summed E-state index contributed by atoms with van der Waals surface area (Å²) in [5, 5.41) is 2.12. The fourth-order valence-electron chi connectivity index (χ4n) is 1.78. The summed E-state index contributed by atoms with van der Waals surface area (Å²) >= 11 is 0. The van der Waals surface area contributed by atoms with Crippen molar-refractivity contribution in [3.8, 4) is 5.75 Å². The van der Waals surface area contributed by atoms with E-state index in [9.17, 15) is 14.0 Å². The molecule has 1 aromatic rings. The molecule has 1 N–H and O–H groups in total. The summed E-state index contributed by atoms with van der Waals surface area (Å²) in [6.07, 6.45) is 0.451. The maximum Gasteiger partial charge on any atom is 0.261 e. The first-order valence-corrected chi connectivity index (χ1v) is 4.83. The lowest BCUT2D eigenvalue weighted by Crippen LogP contribution is -2.29.